The highest BCUT2D eigenvalue weighted by molar-refractivity contribution is 6.36. The minimum absolute atomic E-state index is 0.0117. The van der Waals surface area contributed by atoms with Crippen LogP contribution in [0.25, 0.3) is 0 Å². The fourth-order valence-electron chi connectivity index (χ4n) is 6.61. The maximum atomic E-state index is 12.0. The number of aromatic hydroxyl groups is 1. The summed E-state index contributed by atoms with van der Waals surface area (Å²) in [6.45, 7) is 3.85. The van der Waals surface area contributed by atoms with Crippen LogP contribution in [0.15, 0.2) is 183 Å². The first kappa shape index (κ1) is 66.7. The van der Waals surface area contributed by atoms with Gasteiger partial charge in [-0.05, 0) is 34.7 Å². The standard InChI is InChI=1S/C22H22N2O4.C18H15ClN2O2.C11H8Cl2N2O.C5H4Cl2N2O.C4H2Cl2N2O/c1-2-26-20(25)13-19-21(27-14-17-9-5-3-6-10-17)22(24-16-23-19)28-15-18-11-7-4-8-12-18;19-17-16(22-11-14-7-3-1-4-8-14)18(21-13-20-17)23-12-15-9-5-2-6-10-15;12-10-9(11(13)15-7-14-10)16-6-8-4-2-1-3-5-8;1-10-3-4(6)8-2-9-5(3)7;5-3-2(9)4(6)8-1-7-3/h3-12,16H,2,13-15H2,1H3;1-10,13H,11-12H2;1-5,7H,6H2;2H,1H3;1,9H. The maximum Gasteiger partial charge on any atom is 0.312 e. The van der Waals surface area contributed by atoms with Gasteiger partial charge in [-0.25, -0.2) is 39.9 Å². The number of esters is 1. The summed E-state index contributed by atoms with van der Waals surface area (Å²) >= 11 is 39.6. The zero-order valence-corrected chi connectivity index (χ0v) is 50.9. The molecular weight excluding hydrogens is 1250 g/mol. The minimum atomic E-state index is -0.375. The second kappa shape index (κ2) is 37.1. The van der Waals surface area contributed by atoms with Gasteiger partial charge in [0.25, 0.3) is 11.8 Å². The van der Waals surface area contributed by atoms with E-state index in [9.17, 15) is 4.79 Å². The number of carbonyl (C=O) groups excluding carboxylic acids is 1. The third-order valence-corrected chi connectivity index (χ3v) is 12.6. The molecule has 0 saturated carbocycles. The quantitative estimate of drug-likeness (QED) is 0.0586. The van der Waals surface area contributed by atoms with Crippen LogP contribution in [0.1, 0.15) is 40.4 Å². The van der Waals surface area contributed by atoms with Crippen molar-refractivity contribution in [3.63, 3.8) is 0 Å². The van der Waals surface area contributed by atoms with Gasteiger partial charge in [0.15, 0.2) is 53.3 Å². The predicted octanol–water partition coefficient (Wildman–Crippen LogP) is 14.7. The molecule has 5 aromatic carbocycles. The number of carbonyl (C=O) groups is 1. The molecule has 0 atom stereocenters. The second-order valence-electron chi connectivity index (χ2n) is 16.7. The molecule has 0 amide bonds. The van der Waals surface area contributed by atoms with Crippen molar-refractivity contribution in [2.75, 3.05) is 13.7 Å². The molecule has 0 fully saturated rings. The molecule has 444 valence electrons. The van der Waals surface area contributed by atoms with Crippen LogP contribution in [0.3, 0.4) is 0 Å². The lowest BCUT2D eigenvalue weighted by Gasteiger charge is -2.14. The first-order valence-electron chi connectivity index (χ1n) is 25.4. The van der Waals surface area contributed by atoms with Crippen LogP contribution in [0.5, 0.6) is 40.5 Å². The number of methoxy groups -OCH3 is 1. The van der Waals surface area contributed by atoms with Gasteiger partial charge < -0.3 is 38.3 Å². The van der Waals surface area contributed by atoms with Crippen LogP contribution >= 0.6 is 81.2 Å². The van der Waals surface area contributed by atoms with E-state index in [1.807, 2.05) is 152 Å². The van der Waals surface area contributed by atoms with Gasteiger partial charge in [-0.3, -0.25) is 4.79 Å². The third kappa shape index (κ3) is 22.9. The molecule has 5 heterocycles. The minimum Gasteiger partial charge on any atom is -0.503 e. The van der Waals surface area contributed by atoms with E-state index in [4.69, 9.17) is 119 Å². The van der Waals surface area contributed by atoms with E-state index in [2.05, 4.69) is 49.8 Å². The Morgan fingerprint density at radius 2 is 0.663 bits per heavy atom. The van der Waals surface area contributed by atoms with Crippen LogP contribution in [-0.4, -0.2) is 74.6 Å². The van der Waals surface area contributed by atoms with E-state index in [1.165, 1.54) is 38.7 Å². The van der Waals surface area contributed by atoms with Crippen molar-refractivity contribution in [2.45, 2.75) is 46.4 Å². The Balaban J connectivity index is 0.000000183. The summed E-state index contributed by atoms with van der Waals surface area (Å²) in [7, 11) is 1.45. The number of ether oxygens (including phenoxy) is 7. The van der Waals surface area contributed by atoms with Gasteiger partial charge in [0, 0.05) is 0 Å². The van der Waals surface area contributed by atoms with Gasteiger partial charge in [0.1, 0.15) is 70.4 Å². The number of halogens is 7. The van der Waals surface area contributed by atoms with E-state index in [-0.39, 0.29) is 54.2 Å². The van der Waals surface area contributed by atoms with Gasteiger partial charge in [0.05, 0.1) is 20.1 Å². The number of aromatic nitrogens is 10. The fourth-order valence-corrected chi connectivity index (χ4v) is 7.99. The molecule has 10 aromatic rings. The van der Waals surface area contributed by atoms with E-state index in [1.54, 1.807) is 6.92 Å². The van der Waals surface area contributed by atoms with Crippen molar-refractivity contribution in [3.8, 4) is 40.5 Å². The summed E-state index contributed by atoms with van der Waals surface area (Å²) in [6.07, 6.45) is 6.45. The Bertz CT molecular complexity index is 3570. The number of benzene rings is 5. The maximum absolute atomic E-state index is 12.0. The summed E-state index contributed by atoms with van der Waals surface area (Å²) in [5, 5.41) is 9.87. The van der Waals surface area contributed by atoms with Crippen molar-refractivity contribution in [3.05, 3.63) is 253 Å². The largest absolute Gasteiger partial charge is 0.503 e. The molecule has 0 aliphatic heterocycles. The SMILES string of the molecule is CCOC(=O)Cc1ncnc(OCc2ccccc2)c1OCc1ccccc1.COc1c(Cl)ncnc1Cl.Clc1ncnc(Cl)c1OCc1ccccc1.Clc1ncnc(OCc2ccccc2)c1OCc1ccccc1.Oc1c(Cl)ncnc1Cl. The molecule has 0 unspecified atom stereocenters. The van der Waals surface area contributed by atoms with Crippen LogP contribution < -0.4 is 28.4 Å². The van der Waals surface area contributed by atoms with Crippen molar-refractivity contribution >= 4 is 87.2 Å². The Hall–Kier alpha value is -8.40. The van der Waals surface area contributed by atoms with Crippen molar-refractivity contribution in [1.82, 2.24) is 49.8 Å². The highest BCUT2D eigenvalue weighted by Crippen LogP contribution is 2.34. The van der Waals surface area contributed by atoms with Gasteiger partial charge in [-0.2, -0.15) is 9.97 Å². The third-order valence-electron chi connectivity index (χ3n) is 10.7. The van der Waals surface area contributed by atoms with Crippen molar-refractivity contribution in [1.29, 1.82) is 0 Å². The summed E-state index contributed by atoms with van der Waals surface area (Å²) in [4.78, 5) is 50.3. The second-order valence-corrected chi connectivity index (χ2v) is 19.2. The van der Waals surface area contributed by atoms with E-state index in [0.717, 1.165) is 27.8 Å². The molecule has 1 N–H and O–H groups in total. The molecule has 86 heavy (non-hydrogen) atoms. The normalized spacial score (nSPS) is 10.1. The number of rotatable bonds is 19. The number of nitrogens with zero attached hydrogens (tertiary/aromatic N) is 10. The first-order chi connectivity index (χ1) is 41.8. The summed E-state index contributed by atoms with van der Waals surface area (Å²) in [5.74, 6) is 1.32. The van der Waals surface area contributed by atoms with E-state index < -0.39 is 0 Å². The van der Waals surface area contributed by atoms with E-state index in [0.29, 0.717) is 80.1 Å². The van der Waals surface area contributed by atoms with Crippen LogP contribution in [0.2, 0.25) is 36.1 Å². The van der Waals surface area contributed by atoms with E-state index >= 15 is 0 Å². The monoisotopic (exact) mass is 1300 g/mol. The Labute approximate surface area is 530 Å². The van der Waals surface area contributed by atoms with Gasteiger partial charge >= 0.3 is 5.97 Å². The summed E-state index contributed by atoms with van der Waals surface area (Å²) < 4.78 is 38.6. The molecule has 10 rings (SSSR count). The molecular formula is C60H51Cl7N10O9. The zero-order valence-electron chi connectivity index (χ0n) is 45.6. The highest BCUT2D eigenvalue weighted by atomic mass is 35.5. The summed E-state index contributed by atoms with van der Waals surface area (Å²) in [6, 6.07) is 48.8. The zero-order chi connectivity index (χ0) is 61.3. The molecule has 26 heteroatoms. The average Bonchev–Trinajstić information content (AvgIpc) is 3.69. The van der Waals surface area contributed by atoms with Gasteiger partial charge in [0.2, 0.25) is 11.5 Å². The molecule has 0 saturated heterocycles. The Kier molecular flexibility index (Phi) is 28.8. The number of hydrogen-bond acceptors (Lipinski definition) is 19. The van der Waals surface area contributed by atoms with Crippen LogP contribution in [-0.2, 0) is 49.0 Å². The smallest absolute Gasteiger partial charge is 0.312 e. The molecule has 19 nitrogen and oxygen atoms in total. The van der Waals surface area contributed by atoms with Crippen LogP contribution in [0, 0.1) is 0 Å². The molecule has 0 bridgehead atoms. The first-order valence-corrected chi connectivity index (χ1v) is 28.0. The predicted molar refractivity (Wildman–Crippen MR) is 328 cm³/mol. The molecule has 0 radical (unpaired) electrons. The fraction of sp³-hybridized carbons (Fsp3) is 0.150. The van der Waals surface area contributed by atoms with Crippen LogP contribution in [0.4, 0.5) is 0 Å². The molecule has 5 aromatic heterocycles. The van der Waals surface area contributed by atoms with Crippen molar-refractivity contribution < 1.29 is 43.1 Å². The van der Waals surface area contributed by atoms with Gasteiger partial charge in [-0.1, -0.05) is 233 Å². The Morgan fingerprint density at radius 1 is 0.372 bits per heavy atom. The Morgan fingerprint density at radius 3 is 1.01 bits per heavy atom. The topological polar surface area (TPSA) is 231 Å². The molecule has 0 spiro atoms. The average molecular weight is 1300 g/mol. The lowest BCUT2D eigenvalue weighted by atomic mass is 10.2. The highest BCUT2D eigenvalue weighted by Gasteiger charge is 2.19. The van der Waals surface area contributed by atoms with Gasteiger partial charge in [-0.15, -0.1) is 0 Å². The lowest BCUT2D eigenvalue weighted by Crippen LogP contribution is -2.12. The number of hydrogen-bond donors (Lipinski definition) is 1. The lowest BCUT2D eigenvalue weighted by molar-refractivity contribution is -0.142. The molecule has 0 aliphatic rings. The molecule has 0 aliphatic carbocycles. The van der Waals surface area contributed by atoms with Crippen molar-refractivity contribution in [2.24, 2.45) is 0 Å². The summed E-state index contributed by atoms with van der Waals surface area (Å²) in [5.41, 5.74) is 5.52.